The number of aromatic nitrogens is 3. The first-order valence-corrected chi connectivity index (χ1v) is 6.75. The largest absolute Gasteiger partial charge is 0.406 e. The molecule has 0 atom stereocenters. The van der Waals surface area contributed by atoms with E-state index >= 15 is 0 Å². The topological polar surface area (TPSA) is 63.1 Å². The van der Waals surface area contributed by atoms with E-state index in [4.69, 9.17) is 0 Å². The molecule has 21 heavy (non-hydrogen) atoms. The zero-order chi connectivity index (χ0) is 15.6. The van der Waals surface area contributed by atoms with Crippen LogP contribution in [0.2, 0.25) is 0 Å². The third kappa shape index (κ3) is 4.16. The summed E-state index contributed by atoms with van der Waals surface area (Å²) < 4.78 is 39.3. The maximum Gasteiger partial charge on any atom is 0.406 e. The number of carbonyl (C=O) groups excluding carboxylic acids is 1. The first-order chi connectivity index (χ1) is 9.76. The molecule has 1 fully saturated rings. The number of alkyl halides is 3. The van der Waals surface area contributed by atoms with Crippen molar-refractivity contribution >= 4 is 5.91 Å². The lowest BCUT2D eigenvalue weighted by molar-refractivity contribution is -0.141. The zero-order valence-electron chi connectivity index (χ0n) is 11.9. The monoisotopic (exact) mass is 305 g/mol. The maximum absolute atomic E-state index is 12.6. The fraction of sp³-hybridized carbons (Fsp3) is 0.750. The summed E-state index contributed by atoms with van der Waals surface area (Å²) in [5, 5.41) is 10.6. The number of hydrogen-bond acceptors (Lipinski definition) is 4. The fourth-order valence-electron chi connectivity index (χ4n) is 2.05. The predicted octanol–water partition coefficient (Wildman–Crippen LogP) is 1.08. The Morgan fingerprint density at radius 3 is 2.67 bits per heavy atom. The summed E-state index contributed by atoms with van der Waals surface area (Å²) in [7, 11) is 0. The number of rotatable bonds is 5. The first-order valence-electron chi connectivity index (χ1n) is 6.75. The standard InChI is InChI=1S/C12H18F3N5O/c1-8(2)5-19(7-12(13,14)15)11(21)10-6-20(18-17-10)9-3-16-4-9/h6,8-9,16H,3-5,7H2,1-2H3. The summed E-state index contributed by atoms with van der Waals surface area (Å²) in [5.41, 5.74) is -0.0493. The van der Waals surface area contributed by atoms with E-state index in [0.717, 1.165) is 18.0 Å². The Hall–Kier alpha value is -1.64. The van der Waals surface area contributed by atoms with Gasteiger partial charge in [0.15, 0.2) is 5.69 Å². The molecule has 0 aromatic carbocycles. The molecule has 0 bridgehead atoms. The van der Waals surface area contributed by atoms with Gasteiger partial charge in [-0.05, 0) is 5.92 Å². The van der Waals surface area contributed by atoms with E-state index < -0.39 is 18.6 Å². The molecule has 0 unspecified atom stereocenters. The Balaban J connectivity index is 2.10. The summed E-state index contributed by atoms with van der Waals surface area (Å²) in [5.74, 6) is -0.804. The highest BCUT2D eigenvalue weighted by Crippen LogP contribution is 2.19. The van der Waals surface area contributed by atoms with Gasteiger partial charge in [0.05, 0.1) is 12.2 Å². The summed E-state index contributed by atoms with van der Waals surface area (Å²) in [6, 6.07) is 0.111. The Morgan fingerprint density at radius 1 is 1.52 bits per heavy atom. The van der Waals surface area contributed by atoms with Crippen LogP contribution >= 0.6 is 0 Å². The average Bonchev–Trinajstić information content (AvgIpc) is 2.71. The van der Waals surface area contributed by atoms with Crippen molar-refractivity contribution in [2.24, 2.45) is 5.92 Å². The number of carbonyl (C=O) groups is 1. The second kappa shape index (κ2) is 6.00. The first kappa shape index (κ1) is 15.7. The third-order valence-electron chi connectivity index (χ3n) is 3.11. The van der Waals surface area contributed by atoms with Gasteiger partial charge in [0.25, 0.3) is 5.91 Å². The molecule has 1 saturated heterocycles. The highest BCUT2D eigenvalue weighted by atomic mass is 19.4. The number of amides is 1. The van der Waals surface area contributed by atoms with Crippen LogP contribution in [0.5, 0.6) is 0 Å². The molecule has 0 radical (unpaired) electrons. The SMILES string of the molecule is CC(C)CN(CC(F)(F)F)C(=O)c1cn(C2CNC2)nn1. The number of hydrogen-bond donors (Lipinski definition) is 1. The van der Waals surface area contributed by atoms with Gasteiger partial charge in [0, 0.05) is 19.6 Å². The van der Waals surface area contributed by atoms with Crippen molar-refractivity contribution in [2.75, 3.05) is 26.2 Å². The van der Waals surface area contributed by atoms with E-state index in [9.17, 15) is 18.0 Å². The Kier molecular flexibility index (Phi) is 4.50. The van der Waals surface area contributed by atoms with E-state index in [-0.39, 0.29) is 24.2 Å². The second-order valence-corrected chi connectivity index (χ2v) is 5.59. The van der Waals surface area contributed by atoms with Crippen LogP contribution in [0.25, 0.3) is 0 Å². The maximum atomic E-state index is 12.6. The van der Waals surface area contributed by atoms with Gasteiger partial charge < -0.3 is 10.2 Å². The van der Waals surface area contributed by atoms with Gasteiger partial charge in [-0.2, -0.15) is 13.2 Å². The van der Waals surface area contributed by atoms with Crippen LogP contribution < -0.4 is 5.32 Å². The van der Waals surface area contributed by atoms with Gasteiger partial charge >= 0.3 is 6.18 Å². The van der Waals surface area contributed by atoms with E-state index in [0.29, 0.717) is 0 Å². The molecule has 1 aliphatic rings. The summed E-state index contributed by atoms with van der Waals surface area (Å²) in [6.45, 7) is 3.70. The summed E-state index contributed by atoms with van der Waals surface area (Å²) in [4.78, 5) is 13.0. The molecule has 118 valence electrons. The van der Waals surface area contributed by atoms with Crippen LogP contribution in [0.3, 0.4) is 0 Å². The molecule has 1 aromatic rings. The molecule has 2 heterocycles. The van der Waals surface area contributed by atoms with Gasteiger partial charge in [0.1, 0.15) is 6.54 Å². The molecule has 1 amide bonds. The van der Waals surface area contributed by atoms with Crippen LogP contribution in [0.4, 0.5) is 13.2 Å². The minimum atomic E-state index is -4.43. The Bertz CT molecular complexity index is 495. The number of nitrogens with zero attached hydrogens (tertiary/aromatic N) is 4. The Labute approximate surface area is 120 Å². The van der Waals surface area contributed by atoms with E-state index in [1.165, 1.54) is 10.9 Å². The second-order valence-electron chi connectivity index (χ2n) is 5.59. The van der Waals surface area contributed by atoms with Crippen molar-refractivity contribution < 1.29 is 18.0 Å². The molecule has 9 heteroatoms. The van der Waals surface area contributed by atoms with E-state index in [1.807, 2.05) is 0 Å². The van der Waals surface area contributed by atoms with Crippen molar-refractivity contribution in [1.82, 2.24) is 25.2 Å². The van der Waals surface area contributed by atoms with Gasteiger partial charge in [0.2, 0.25) is 0 Å². The molecule has 0 aliphatic carbocycles. The molecule has 2 rings (SSSR count). The summed E-state index contributed by atoms with van der Waals surface area (Å²) in [6.07, 6.45) is -3.02. The number of nitrogens with one attached hydrogen (secondary N) is 1. The lowest BCUT2D eigenvalue weighted by atomic mass is 10.2. The molecule has 0 saturated carbocycles. The smallest absolute Gasteiger partial charge is 0.328 e. The summed E-state index contributed by atoms with van der Waals surface area (Å²) >= 11 is 0. The molecule has 1 N–H and O–H groups in total. The predicted molar refractivity (Wildman–Crippen MR) is 68.7 cm³/mol. The van der Waals surface area contributed by atoms with Gasteiger partial charge in [-0.15, -0.1) is 5.10 Å². The quantitative estimate of drug-likeness (QED) is 0.884. The van der Waals surface area contributed by atoms with Crippen molar-refractivity contribution in [3.8, 4) is 0 Å². The molecule has 6 nitrogen and oxygen atoms in total. The van der Waals surface area contributed by atoms with Crippen LogP contribution in [-0.4, -0.2) is 58.2 Å². The van der Waals surface area contributed by atoms with E-state index in [1.54, 1.807) is 13.8 Å². The normalized spacial score (nSPS) is 16.1. The minimum Gasteiger partial charge on any atom is -0.328 e. The van der Waals surface area contributed by atoms with Gasteiger partial charge in [-0.3, -0.25) is 4.79 Å². The number of halogens is 3. The third-order valence-corrected chi connectivity index (χ3v) is 3.11. The highest BCUT2D eigenvalue weighted by Gasteiger charge is 2.34. The lowest BCUT2D eigenvalue weighted by Crippen LogP contribution is -2.43. The van der Waals surface area contributed by atoms with Gasteiger partial charge in [-0.25, -0.2) is 4.68 Å². The van der Waals surface area contributed by atoms with Crippen molar-refractivity contribution in [2.45, 2.75) is 26.1 Å². The van der Waals surface area contributed by atoms with Crippen LogP contribution in [0, 0.1) is 5.92 Å². The molecule has 0 spiro atoms. The van der Waals surface area contributed by atoms with Crippen LogP contribution in [-0.2, 0) is 0 Å². The van der Waals surface area contributed by atoms with Crippen molar-refractivity contribution in [1.29, 1.82) is 0 Å². The van der Waals surface area contributed by atoms with E-state index in [2.05, 4.69) is 15.6 Å². The zero-order valence-corrected chi connectivity index (χ0v) is 11.9. The van der Waals surface area contributed by atoms with Crippen LogP contribution in [0.1, 0.15) is 30.4 Å². The van der Waals surface area contributed by atoms with Crippen LogP contribution in [0.15, 0.2) is 6.20 Å². The molecule has 1 aromatic heterocycles. The molecular formula is C12H18F3N5O. The average molecular weight is 305 g/mol. The Morgan fingerprint density at radius 2 is 2.19 bits per heavy atom. The lowest BCUT2D eigenvalue weighted by Gasteiger charge is -2.26. The molecular weight excluding hydrogens is 287 g/mol. The highest BCUT2D eigenvalue weighted by molar-refractivity contribution is 5.92. The van der Waals surface area contributed by atoms with Crippen molar-refractivity contribution in [3.63, 3.8) is 0 Å². The fourth-order valence-corrected chi connectivity index (χ4v) is 2.05. The molecule has 1 aliphatic heterocycles. The van der Waals surface area contributed by atoms with Crippen molar-refractivity contribution in [3.05, 3.63) is 11.9 Å². The minimum absolute atomic E-state index is 0.0240. The van der Waals surface area contributed by atoms with Gasteiger partial charge in [-0.1, -0.05) is 19.1 Å².